The highest BCUT2D eigenvalue weighted by Gasteiger charge is 2.16. The van der Waals surface area contributed by atoms with Crippen LogP contribution >= 0.6 is 31.9 Å². The Labute approximate surface area is 190 Å². The summed E-state index contributed by atoms with van der Waals surface area (Å²) in [5.74, 6) is 0.597. The molecule has 1 atom stereocenters. The molecule has 0 aliphatic carbocycles. The molecular formula is C21H19Br2N3O4. The van der Waals surface area contributed by atoms with Gasteiger partial charge in [-0.1, -0.05) is 22.9 Å². The van der Waals surface area contributed by atoms with Crippen LogP contribution in [0.25, 0.3) is 10.9 Å². The second-order valence-corrected chi connectivity index (χ2v) is 8.15. The minimum absolute atomic E-state index is 0.236. The maximum absolute atomic E-state index is 12.9. The second kappa shape index (κ2) is 9.53. The molecule has 0 aliphatic rings. The van der Waals surface area contributed by atoms with Gasteiger partial charge in [0.15, 0.2) is 6.10 Å². The van der Waals surface area contributed by atoms with Gasteiger partial charge in [0.25, 0.3) is 5.56 Å². The smallest absolute Gasteiger partial charge is 0.346 e. The fraction of sp³-hybridized carbons (Fsp3) is 0.238. The molecule has 0 spiro atoms. The van der Waals surface area contributed by atoms with Gasteiger partial charge in [-0.25, -0.2) is 9.78 Å². The number of hydrogen-bond acceptors (Lipinski definition) is 6. The minimum atomic E-state index is -0.737. The highest BCUT2D eigenvalue weighted by molar-refractivity contribution is 9.10. The van der Waals surface area contributed by atoms with Crippen molar-refractivity contribution in [2.45, 2.75) is 26.4 Å². The van der Waals surface area contributed by atoms with Crippen molar-refractivity contribution in [3.05, 3.63) is 67.1 Å². The summed E-state index contributed by atoms with van der Waals surface area (Å²) in [6, 6.07) is 10.7. The number of fused-ring (bicyclic) bond motifs is 1. The molecule has 3 rings (SSSR count). The van der Waals surface area contributed by atoms with E-state index in [1.54, 1.807) is 43.5 Å². The number of aryl methyl sites for hydroxylation is 1. The molecule has 0 fully saturated rings. The van der Waals surface area contributed by atoms with Crippen LogP contribution in [0.15, 0.2) is 55.2 Å². The van der Waals surface area contributed by atoms with Gasteiger partial charge < -0.3 is 9.47 Å². The van der Waals surface area contributed by atoms with Crippen molar-refractivity contribution in [3.8, 4) is 5.75 Å². The zero-order valence-electron chi connectivity index (χ0n) is 16.6. The van der Waals surface area contributed by atoms with Crippen LogP contribution in [0.5, 0.6) is 5.75 Å². The molecule has 9 heteroatoms. The van der Waals surface area contributed by atoms with Crippen LogP contribution in [0, 0.1) is 0 Å². The van der Waals surface area contributed by atoms with Crippen molar-refractivity contribution in [1.29, 1.82) is 0 Å². The van der Waals surface area contributed by atoms with Gasteiger partial charge in [0, 0.05) is 10.9 Å². The van der Waals surface area contributed by atoms with E-state index in [4.69, 9.17) is 4.74 Å². The summed E-state index contributed by atoms with van der Waals surface area (Å²) in [5, 5.41) is 4.85. The molecule has 0 radical (unpaired) electrons. The fourth-order valence-electron chi connectivity index (χ4n) is 2.76. The average Bonchev–Trinajstić information content (AvgIpc) is 2.74. The third-order valence-electron chi connectivity index (χ3n) is 4.31. The van der Waals surface area contributed by atoms with Gasteiger partial charge in [0.2, 0.25) is 0 Å². The van der Waals surface area contributed by atoms with E-state index in [2.05, 4.69) is 46.7 Å². The van der Waals surface area contributed by atoms with E-state index in [0.717, 1.165) is 10.0 Å². The van der Waals surface area contributed by atoms with Gasteiger partial charge in [-0.15, -0.1) is 0 Å². The van der Waals surface area contributed by atoms with Crippen molar-refractivity contribution in [1.82, 2.24) is 9.66 Å². The Kier molecular flexibility index (Phi) is 7.04. The highest BCUT2D eigenvalue weighted by atomic mass is 79.9. The number of carbonyl (C=O) groups excluding carboxylic acids is 1. The number of carbonyl (C=O) groups is 1. The fourth-order valence-corrected chi connectivity index (χ4v) is 3.62. The van der Waals surface area contributed by atoms with Gasteiger partial charge in [0.05, 0.1) is 28.7 Å². The molecule has 30 heavy (non-hydrogen) atoms. The molecule has 0 saturated heterocycles. The molecule has 156 valence electrons. The Morgan fingerprint density at radius 3 is 2.70 bits per heavy atom. The zero-order valence-corrected chi connectivity index (χ0v) is 19.7. The number of ether oxygens (including phenoxy) is 2. The first-order valence-electron chi connectivity index (χ1n) is 9.13. The van der Waals surface area contributed by atoms with Gasteiger partial charge in [-0.05, 0) is 64.8 Å². The Hall–Kier alpha value is -2.52. The van der Waals surface area contributed by atoms with Crippen LogP contribution in [-0.2, 0) is 16.0 Å². The summed E-state index contributed by atoms with van der Waals surface area (Å²) < 4.78 is 13.0. The van der Waals surface area contributed by atoms with E-state index in [-0.39, 0.29) is 5.56 Å². The van der Waals surface area contributed by atoms with Crippen LogP contribution in [-0.4, -0.2) is 35.1 Å². The van der Waals surface area contributed by atoms with Crippen LogP contribution in [0.4, 0.5) is 0 Å². The molecular weight excluding hydrogens is 518 g/mol. The molecule has 1 aromatic heterocycles. The number of rotatable bonds is 6. The summed E-state index contributed by atoms with van der Waals surface area (Å²) in [6.07, 6.45) is 1.39. The third kappa shape index (κ3) is 4.79. The van der Waals surface area contributed by atoms with Crippen molar-refractivity contribution >= 4 is 54.9 Å². The van der Waals surface area contributed by atoms with E-state index in [1.807, 2.05) is 13.0 Å². The van der Waals surface area contributed by atoms with Crippen molar-refractivity contribution < 1.29 is 14.3 Å². The first-order valence-corrected chi connectivity index (χ1v) is 10.7. The van der Waals surface area contributed by atoms with Crippen LogP contribution < -0.4 is 10.3 Å². The van der Waals surface area contributed by atoms with Gasteiger partial charge in [-0.2, -0.15) is 9.78 Å². The van der Waals surface area contributed by atoms with Gasteiger partial charge >= 0.3 is 5.97 Å². The molecule has 0 amide bonds. The summed E-state index contributed by atoms with van der Waals surface area (Å²) in [6.45, 7) is 3.53. The lowest BCUT2D eigenvalue weighted by Crippen LogP contribution is -2.25. The maximum atomic E-state index is 12.9. The number of methoxy groups -OCH3 is 1. The molecule has 0 aliphatic heterocycles. The molecule has 0 N–H and O–H groups in total. The van der Waals surface area contributed by atoms with E-state index in [0.29, 0.717) is 33.4 Å². The molecule has 0 unspecified atom stereocenters. The van der Waals surface area contributed by atoms with Crippen molar-refractivity contribution in [2.75, 3.05) is 7.11 Å². The van der Waals surface area contributed by atoms with Crippen molar-refractivity contribution in [3.63, 3.8) is 0 Å². The Morgan fingerprint density at radius 1 is 1.27 bits per heavy atom. The standard InChI is InChI=1S/C21H19Br2N3O4/c1-4-19-25-17-7-6-14(22)10-15(17)20(27)26(19)24-11-13-5-8-18(16(23)9-13)30-12(2)21(28)29-3/h5-12H,4H2,1-3H3/t12-/m1/s1. The number of benzene rings is 2. The molecule has 0 bridgehead atoms. The lowest BCUT2D eigenvalue weighted by atomic mass is 10.2. The summed E-state index contributed by atoms with van der Waals surface area (Å²) in [7, 11) is 1.31. The van der Waals surface area contributed by atoms with E-state index in [1.165, 1.54) is 11.8 Å². The molecule has 0 saturated carbocycles. The predicted molar refractivity (Wildman–Crippen MR) is 122 cm³/mol. The molecule has 3 aromatic rings. The predicted octanol–water partition coefficient (Wildman–Crippen LogP) is 4.31. The van der Waals surface area contributed by atoms with E-state index < -0.39 is 12.1 Å². The minimum Gasteiger partial charge on any atom is -0.478 e. The normalized spacial score (nSPS) is 12.3. The number of nitrogens with zero attached hydrogens (tertiary/aromatic N) is 3. The zero-order chi connectivity index (χ0) is 21.8. The first kappa shape index (κ1) is 22.2. The Bertz CT molecular complexity index is 1190. The van der Waals surface area contributed by atoms with Crippen LogP contribution in [0.2, 0.25) is 0 Å². The highest BCUT2D eigenvalue weighted by Crippen LogP contribution is 2.26. The van der Waals surface area contributed by atoms with E-state index in [9.17, 15) is 9.59 Å². The average molecular weight is 537 g/mol. The topological polar surface area (TPSA) is 82.8 Å². The third-order valence-corrected chi connectivity index (χ3v) is 5.42. The number of hydrogen-bond donors (Lipinski definition) is 0. The number of halogens is 2. The molecule has 2 aromatic carbocycles. The lowest BCUT2D eigenvalue weighted by Gasteiger charge is -2.14. The Morgan fingerprint density at radius 2 is 2.03 bits per heavy atom. The van der Waals surface area contributed by atoms with Gasteiger partial charge in [-0.3, -0.25) is 4.79 Å². The molecule has 1 heterocycles. The summed E-state index contributed by atoms with van der Waals surface area (Å²) in [5.41, 5.74) is 1.14. The number of aromatic nitrogens is 2. The first-order chi connectivity index (χ1) is 14.3. The SMILES string of the molecule is CCc1nc2ccc(Br)cc2c(=O)n1N=Cc1ccc(O[C@H](C)C(=O)OC)c(Br)c1. The van der Waals surface area contributed by atoms with Crippen LogP contribution in [0.3, 0.4) is 0 Å². The Balaban J connectivity index is 1.93. The second-order valence-electron chi connectivity index (χ2n) is 6.38. The summed E-state index contributed by atoms with van der Waals surface area (Å²) in [4.78, 5) is 29.0. The van der Waals surface area contributed by atoms with Crippen molar-refractivity contribution in [2.24, 2.45) is 5.10 Å². The number of esters is 1. The van der Waals surface area contributed by atoms with Gasteiger partial charge in [0.1, 0.15) is 11.6 Å². The lowest BCUT2D eigenvalue weighted by molar-refractivity contribution is -0.147. The summed E-state index contributed by atoms with van der Waals surface area (Å²) >= 11 is 6.82. The molecule has 7 nitrogen and oxygen atoms in total. The van der Waals surface area contributed by atoms with E-state index >= 15 is 0 Å². The van der Waals surface area contributed by atoms with Crippen LogP contribution in [0.1, 0.15) is 25.2 Å². The maximum Gasteiger partial charge on any atom is 0.346 e. The quantitative estimate of drug-likeness (QED) is 0.346. The largest absolute Gasteiger partial charge is 0.478 e. The monoisotopic (exact) mass is 535 g/mol.